The lowest BCUT2D eigenvalue weighted by Gasteiger charge is -2.15. The number of benzene rings is 2. The van der Waals surface area contributed by atoms with Crippen LogP contribution in [-0.4, -0.2) is 23.3 Å². The lowest BCUT2D eigenvalue weighted by molar-refractivity contribution is -0.128. The van der Waals surface area contributed by atoms with E-state index in [1.807, 2.05) is 23.1 Å². The van der Waals surface area contributed by atoms with Crippen molar-refractivity contribution in [3.8, 4) is 0 Å². The van der Waals surface area contributed by atoms with E-state index in [9.17, 15) is 4.79 Å². The molecule has 27 heavy (non-hydrogen) atoms. The summed E-state index contributed by atoms with van der Waals surface area (Å²) in [5, 5.41) is 3.13. The number of nitrogens with zero attached hydrogens (tertiary/aromatic N) is 2. The number of halogens is 1. The molecule has 1 amide bonds. The van der Waals surface area contributed by atoms with E-state index in [2.05, 4.69) is 48.4 Å². The second-order valence-corrected chi connectivity index (χ2v) is 6.86. The maximum atomic E-state index is 11.7. The van der Waals surface area contributed by atoms with E-state index >= 15 is 0 Å². The van der Waals surface area contributed by atoms with E-state index in [0.29, 0.717) is 25.5 Å². The van der Waals surface area contributed by atoms with Gasteiger partial charge in [0.1, 0.15) is 0 Å². The Balaban J connectivity index is 0.00000261. The van der Waals surface area contributed by atoms with Gasteiger partial charge in [-0.2, -0.15) is 0 Å². The van der Waals surface area contributed by atoms with Gasteiger partial charge in [-0.3, -0.25) is 4.79 Å². The highest BCUT2D eigenvalue weighted by Gasteiger charge is 2.19. The van der Waals surface area contributed by atoms with Crippen molar-refractivity contribution < 1.29 is 4.79 Å². The minimum Gasteiger partial charge on any atom is -0.370 e. The van der Waals surface area contributed by atoms with E-state index < -0.39 is 0 Å². The Morgan fingerprint density at radius 2 is 1.81 bits per heavy atom. The standard InChI is InChI=1S/C21H26N4O.HI/c1-15-5-10-19(12-16(15)2)24-21(22)23-13-17-6-8-18(9-7-17)14-25-11-3-4-20(25)26;/h5-10,12H,3-4,11,13-14H2,1-2H3,(H3,22,23,24);1H. The molecular weight excluding hydrogens is 451 g/mol. The highest BCUT2D eigenvalue weighted by atomic mass is 127. The van der Waals surface area contributed by atoms with Crippen LogP contribution >= 0.6 is 24.0 Å². The molecule has 2 aromatic carbocycles. The molecule has 1 heterocycles. The highest BCUT2D eigenvalue weighted by Crippen LogP contribution is 2.16. The molecule has 0 unspecified atom stereocenters. The number of amides is 1. The van der Waals surface area contributed by atoms with Gasteiger partial charge in [-0.1, -0.05) is 30.3 Å². The van der Waals surface area contributed by atoms with Gasteiger partial charge in [0.25, 0.3) is 0 Å². The fourth-order valence-corrected chi connectivity index (χ4v) is 3.02. The maximum Gasteiger partial charge on any atom is 0.222 e. The van der Waals surface area contributed by atoms with E-state index in [0.717, 1.165) is 29.8 Å². The van der Waals surface area contributed by atoms with Crippen molar-refractivity contribution in [2.24, 2.45) is 10.7 Å². The summed E-state index contributed by atoms with van der Waals surface area (Å²) in [6.07, 6.45) is 1.65. The largest absolute Gasteiger partial charge is 0.370 e. The van der Waals surface area contributed by atoms with Crippen LogP contribution in [0.5, 0.6) is 0 Å². The molecule has 1 saturated heterocycles. The summed E-state index contributed by atoms with van der Waals surface area (Å²) < 4.78 is 0. The van der Waals surface area contributed by atoms with Crippen molar-refractivity contribution in [2.75, 3.05) is 11.9 Å². The number of rotatable bonds is 5. The van der Waals surface area contributed by atoms with Gasteiger partial charge in [-0.25, -0.2) is 4.99 Å². The number of anilines is 1. The zero-order chi connectivity index (χ0) is 18.5. The Morgan fingerprint density at radius 1 is 1.11 bits per heavy atom. The van der Waals surface area contributed by atoms with Gasteiger partial charge >= 0.3 is 0 Å². The van der Waals surface area contributed by atoms with Gasteiger partial charge in [0.15, 0.2) is 5.96 Å². The van der Waals surface area contributed by atoms with Crippen molar-refractivity contribution in [1.29, 1.82) is 0 Å². The zero-order valence-corrected chi connectivity index (χ0v) is 18.2. The molecule has 0 saturated carbocycles. The third-order valence-corrected chi connectivity index (χ3v) is 4.78. The summed E-state index contributed by atoms with van der Waals surface area (Å²) in [5.41, 5.74) is 11.6. The molecular formula is C21H27IN4O. The molecule has 0 bridgehead atoms. The SMILES string of the molecule is Cc1ccc(NC(N)=NCc2ccc(CN3CCCC3=O)cc2)cc1C.I. The van der Waals surface area contributed by atoms with E-state index in [4.69, 9.17) is 5.73 Å². The van der Waals surface area contributed by atoms with Gasteiger partial charge < -0.3 is 16.0 Å². The quantitative estimate of drug-likeness (QED) is 0.388. The summed E-state index contributed by atoms with van der Waals surface area (Å²) in [4.78, 5) is 18.0. The maximum absolute atomic E-state index is 11.7. The van der Waals surface area contributed by atoms with Gasteiger partial charge in [0.05, 0.1) is 6.54 Å². The van der Waals surface area contributed by atoms with Crippen LogP contribution in [0.1, 0.15) is 35.1 Å². The number of hydrogen-bond donors (Lipinski definition) is 2. The van der Waals surface area contributed by atoms with E-state index in [1.165, 1.54) is 11.1 Å². The third-order valence-electron chi connectivity index (χ3n) is 4.78. The smallest absolute Gasteiger partial charge is 0.222 e. The Bertz CT molecular complexity index is 817. The Labute approximate surface area is 178 Å². The lowest BCUT2D eigenvalue weighted by atomic mass is 10.1. The van der Waals surface area contributed by atoms with E-state index in [1.54, 1.807) is 0 Å². The van der Waals surface area contributed by atoms with Gasteiger partial charge in [0, 0.05) is 25.2 Å². The monoisotopic (exact) mass is 478 g/mol. The number of guanidine groups is 1. The van der Waals surface area contributed by atoms with Gasteiger partial charge in [-0.15, -0.1) is 24.0 Å². The highest BCUT2D eigenvalue weighted by molar-refractivity contribution is 14.0. The number of carbonyl (C=O) groups is 1. The Morgan fingerprint density at radius 3 is 2.44 bits per heavy atom. The number of likely N-dealkylation sites (tertiary alicyclic amines) is 1. The number of aliphatic imine (C=N–C) groups is 1. The molecule has 1 aliphatic rings. The number of hydrogen-bond acceptors (Lipinski definition) is 2. The second-order valence-electron chi connectivity index (χ2n) is 6.86. The fraction of sp³-hybridized carbons (Fsp3) is 0.333. The first-order valence-electron chi connectivity index (χ1n) is 9.01. The van der Waals surface area contributed by atoms with Crippen LogP contribution in [0.4, 0.5) is 5.69 Å². The number of nitrogens with two attached hydrogens (primary N) is 1. The Hall–Kier alpha value is -2.09. The molecule has 1 aliphatic heterocycles. The van der Waals surface area contributed by atoms with Crippen LogP contribution in [-0.2, 0) is 17.9 Å². The molecule has 0 spiro atoms. The van der Waals surface area contributed by atoms with Crippen LogP contribution < -0.4 is 11.1 Å². The molecule has 3 rings (SSSR count). The summed E-state index contributed by atoms with van der Waals surface area (Å²) in [6.45, 7) is 6.24. The molecule has 0 atom stereocenters. The molecule has 0 radical (unpaired) electrons. The summed E-state index contributed by atoms with van der Waals surface area (Å²) in [5.74, 6) is 0.656. The van der Waals surface area contributed by atoms with Crippen molar-refractivity contribution in [2.45, 2.75) is 39.8 Å². The number of aryl methyl sites for hydroxylation is 2. The first-order valence-corrected chi connectivity index (χ1v) is 9.01. The molecule has 2 aromatic rings. The molecule has 0 aliphatic carbocycles. The Kier molecular flexibility index (Phi) is 7.65. The van der Waals surface area contributed by atoms with Gasteiger partial charge in [-0.05, 0) is 54.7 Å². The second kappa shape index (κ2) is 9.73. The predicted molar refractivity (Wildman–Crippen MR) is 121 cm³/mol. The predicted octanol–water partition coefficient (Wildman–Crippen LogP) is 3.97. The van der Waals surface area contributed by atoms with Crippen LogP contribution in [0.25, 0.3) is 0 Å². The first-order chi connectivity index (χ1) is 12.5. The van der Waals surface area contributed by atoms with Crippen molar-refractivity contribution >= 4 is 41.5 Å². The first kappa shape index (κ1) is 21.2. The molecule has 1 fully saturated rings. The van der Waals surface area contributed by atoms with Crippen molar-refractivity contribution in [3.05, 3.63) is 64.7 Å². The lowest BCUT2D eigenvalue weighted by Crippen LogP contribution is -2.23. The third kappa shape index (κ3) is 5.95. The van der Waals surface area contributed by atoms with Crippen molar-refractivity contribution in [3.63, 3.8) is 0 Å². The molecule has 6 heteroatoms. The molecule has 144 valence electrons. The zero-order valence-electron chi connectivity index (χ0n) is 15.9. The minimum absolute atomic E-state index is 0. The normalized spacial score (nSPS) is 14.2. The van der Waals surface area contributed by atoms with E-state index in [-0.39, 0.29) is 29.9 Å². The number of nitrogens with one attached hydrogen (secondary N) is 1. The van der Waals surface area contributed by atoms with Crippen LogP contribution in [0.15, 0.2) is 47.5 Å². The van der Waals surface area contributed by atoms with Crippen molar-refractivity contribution in [1.82, 2.24) is 4.90 Å². The summed E-state index contributed by atoms with van der Waals surface area (Å²) in [6, 6.07) is 14.3. The topological polar surface area (TPSA) is 70.7 Å². The summed E-state index contributed by atoms with van der Waals surface area (Å²) in [7, 11) is 0. The van der Waals surface area contributed by atoms with Crippen LogP contribution in [0.2, 0.25) is 0 Å². The number of carbonyl (C=O) groups excluding carboxylic acids is 1. The van der Waals surface area contributed by atoms with Crippen LogP contribution in [0, 0.1) is 13.8 Å². The minimum atomic E-state index is 0. The average Bonchev–Trinajstić information content (AvgIpc) is 3.02. The summed E-state index contributed by atoms with van der Waals surface area (Å²) >= 11 is 0. The van der Waals surface area contributed by atoms with Crippen LogP contribution in [0.3, 0.4) is 0 Å². The molecule has 3 N–H and O–H groups in total. The fourth-order valence-electron chi connectivity index (χ4n) is 3.02. The van der Waals surface area contributed by atoms with Gasteiger partial charge in [0.2, 0.25) is 5.91 Å². The average molecular weight is 478 g/mol. The molecule has 5 nitrogen and oxygen atoms in total. The molecule has 0 aromatic heterocycles.